The molecule has 1 heterocycles. The second-order valence-corrected chi connectivity index (χ2v) is 8.20. The first-order chi connectivity index (χ1) is 10.2. The maximum absolute atomic E-state index is 3.81. The molecule has 21 heavy (non-hydrogen) atoms. The number of hydrogen-bond acceptors (Lipinski definition) is 3. The number of rotatable bonds is 4. The van der Waals surface area contributed by atoms with Gasteiger partial charge in [0.15, 0.2) is 0 Å². The third-order valence-corrected chi connectivity index (χ3v) is 5.99. The van der Waals surface area contributed by atoms with Crippen molar-refractivity contribution >= 4 is 11.8 Å². The summed E-state index contributed by atoms with van der Waals surface area (Å²) in [6.45, 7) is 9.61. The van der Waals surface area contributed by atoms with Crippen molar-refractivity contribution in [1.82, 2.24) is 10.2 Å². The van der Waals surface area contributed by atoms with E-state index in [2.05, 4.69) is 60.1 Å². The van der Waals surface area contributed by atoms with Gasteiger partial charge in [0.25, 0.3) is 0 Å². The van der Waals surface area contributed by atoms with Gasteiger partial charge in [-0.15, -0.1) is 0 Å². The van der Waals surface area contributed by atoms with Crippen molar-refractivity contribution in [2.75, 3.05) is 37.7 Å². The Morgan fingerprint density at radius 3 is 2.81 bits per heavy atom. The molecule has 1 aromatic carbocycles. The van der Waals surface area contributed by atoms with Crippen LogP contribution in [0.5, 0.6) is 0 Å². The van der Waals surface area contributed by atoms with Crippen LogP contribution < -0.4 is 5.32 Å². The second kappa shape index (κ2) is 6.72. The number of hydrogen-bond donors (Lipinski definition) is 1. The summed E-state index contributed by atoms with van der Waals surface area (Å²) in [7, 11) is 0. The zero-order valence-electron chi connectivity index (χ0n) is 13.4. The minimum Gasteiger partial charge on any atom is -0.309 e. The van der Waals surface area contributed by atoms with Gasteiger partial charge in [-0.25, -0.2) is 0 Å². The van der Waals surface area contributed by atoms with Crippen LogP contribution in [0.15, 0.2) is 24.3 Å². The van der Waals surface area contributed by atoms with E-state index in [4.69, 9.17) is 0 Å². The fourth-order valence-electron chi connectivity index (χ4n) is 3.65. The van der Waals surface area contributed by atoms with Crippen LogP contribution in [-0.4, -0.2) is 42.6 Å². The largest absolute Gasteiger partial charge is 0.309 e. The third kappa shape index (κ3) is 3.64. The highest BCUT2D eigenvalue weighted by Gasteiger charge is 2.31. The van der Waals surface area contributed by atoms with Gasteiger partial charge in [-0.2, -0.15) is 11.8 Å². The van der Waals surface area contributed by atoms with Crippen molar-refractivity contribution in [3.8, 4) is 0 Å². The lowest BCUT2D eigenvalue weighted by atomic mass is 9.71. The highest BCUT2D eigenvalue weighted by Crippen LogP contribution is 2.41. The Morgan fingerprint density at radius 1 is 1.24 bits per heavy atom. The molecular formula is C18H28N2S. The second-order valence-electron chi connectivity index (χ2n) is 6.97. The molecule has 1 saturated heterocycles. The first-order valence-corrected chi connectivity index (χ1v) is 9.45. The average Bonchev–Trinajstić information content (AvgIpc) is 2.51. The van der Waals surface area contributed by atoms with E-state index in [9.17, 15) is 0 Å². The number of thioether (sulfide) groups is 1. The number of nitrogens with one attached hydrogen (secondary N) is 1. The van der Waals surface area contributed by atoms with E-state index in [1.54, 1.807) is 5.56 Å². The molecule has 3 heteroatoms. The molecule has 1 aliphatic carbocycles. The third-order valence-electron chi connectivity index (χ3n) is 5.05. The minimum atomic E-state index is 0.332. The van der Waals surface area contributed by atoms with E-state index in [1.165, 1.54) is 49.5 Å². The van der Waals surface area contributed by atoms with Crippen LogP contribution in [0.1, 0.15) is 43.9 Å². The van der Waals surface area contributed by atoms with Gasteiger partial charge in [0.1, 0.15) is 0 Å². The molecular weight excluding hydrogens is 276 g/mol. The van der Waals surface area contributed by atoms with Gasteiger partial charge in [-0.1, -0.05) is 38.1 Å². The highest BCUT2D eigenvalue weighted by molar-refractivity contribution is 7.99. The Kier molecular flexibility index (Phi) is 4.92. The minimum absolute atomic E-state index is 0.332. The van der Waals surface area contributed by atoms with E-state index < -0.39 is 0 Å². The number of fused-ring (bicyclic) bond motifs is 1. The Morgan fingerprint density at radius 2 is 2.00 bits per heavy atom. The predicted molar refractivity (Wildman–Crippen MR) is 93.2 cm³/mol. The van der Waals surface area contributed by atoms with Gasteiger partial charge in [0.05, 0.1) is 0 Å². The van der Waals surface area contributed by atoms with Gasteiger partial charge in [-0.3, -0.25) is 0 Å². The lowest BCUT2D eigenvalue weighted by molar-refractivity contribution is 0.285. The summed E-state index contributed by atoms with van der Waals surface area (Å²) in [4.78, 5) is 2.60. The monoisotopic (exact) mass is 304 g/mol. The maximum atomic E-state index is 3.81. The SMILES string of the molecule is CC1(C)CCC(NCCN2CCSCC2)c2ccccc21. The molecule has 0 bridgehead atoms. The summed E-state index contributed by atoms with van der Waals surface area (Å²) >= 11 is 2.09. The molecule has 0 spiro atoms. The Bertz CT molecular complexity index is 466. The number of benzene rings is 1. The Hall–Kier alpha value is -0.510. The highest BCUT2D eigenvalue weighted by atomic mass is 32.2. The first kappa shape index (κ1) is 15.4. The van der Waals surface area contributed by atoms with Crippen LogP contribution in [0.4, 0.5) is 0 Å². The van der Waals surface area contributed by atoms with Crippen molar-refractivity contribution in [3.63, 3.8) is 0 Å². The molecule has 1 fully saturated rings. The molecule has 116 valence electrons. The van der Waals surface area contributed by atoms with E-state index in [0.29, 0.717) is 11.5 Å². The van der Waals surface area contributed by atoms with Crippen molar-refractivity contribution in [2.45, 2.75) is 38.1 Å². The lowest BCUT2D eigenvalue weighted by Gasteiger charge is -2.38. The fourth-order valence-corrected chi connectivity index (χ4v) is 4.62. The van der Waals surface area contributed by atoms with Gasteiger partial charge in [0.2, 0.25) is 0 Å². The molecule has 1 atom stereocenters. The summed E-state index contributed by atoms with van der Waals surface area (Å²) in [6.07, 6.45) is 2.54. The van der Waals surface area contributed by atoms with Crippen molar-refractivity contribution < 1.29 is 0 Å². The molecule has 1 aliphatic heterocycles. The molecule has 1 unspecified atom stereocenters. The molecule has 2 nitrogen and oxygen atoms in total. The zero-order valence-corrected chi connectivity index (χ0v) is 14.2. The quantitative estimate of drug-likeness (QED) is 0.917. The average molecular weight is 305 g/mol. The summed E-state index contributed by atoms with van der Waals surface area (Å²) in [5.41, 5.74) is 3.41. The summed E-state index contributed by atoms with van der Waals surface area (Å²) in [5.74, 6) is 2.61. The number of nitrogens with zero attached hydrogens (tertiary/aromatic N) is 1. The molecule has 0 amide bonds. The fraction of sp³-hybridized carbons (Fsp3) is 0.667. The Balaban J connectivity index is 1.59. The van der Waals surface area contributed by atoms with Crippen molar-refractivity contribution in [1.29, 1.82) is 0 Å². The maximum Gasteiger partial charge on any atom is 0.0324 e. The van der Waals surface area contributed by atoms with E-state index >= 15 is 0 Å². The van der Waals surface area contributed by atoms with Crippen molar-refractivity contribution in [3.05, 3.63) is 35.4 Å². The molecule has 0 radical (unpaired) electrons. The van der Waals surface area contributed by atoms with Crippen molar-refractivity contribution in [2.24, 2.45) is 0 Å². The van der Waals surface area contributed by atoms with Gasteiger partial charge in [0, 0.05) is 43.7 Å². The van der Waals surface area contributed by atoms with Gasteiger partial charge >= 0.3 is 0 Å². The summed E-state index contributed by atoms with van der Waals surface area (Å²) in [5, 5.41) is 3.81. The van der Waals surface area contributed by atoms with E-state index in [1.807, 2.05) is 0 Å². The molecule has 1 N–H and O–H groups in total. The van der Waals surface area contributed by atoms with Crippen LogP contribution in [0.2, 0.25) is 0 Å². The van der Waals surface area contributed by atoms with Crippen LogP contribution in [-0.2, 0) is 5.41 Å². The van der Waals surface area contributed by atoms with Crippen LogP contribution in [0.25, 0.3) is 0 Å². The van der Waals surface area contributed by atoms with Crippen LogP contribution in [0.3, 0.4) is 0 Å². The normalized spacial score (nSPS) is 25.5. The molecule has 3 rings (SSSR count). The zero-order chi connectivity index (χ0) is 14.7. The molecule has 0 saturated carbocycles. The van der Waals surface area contributed by atoms with Crippen LogP contribution >= 0.6 is 11.8 Å². The first-order valence-electron chi connectivity index (χ1n) is 8.30. The van der Waals surface area contributed by atoms with Gasteiger partial charge < -0.3 is 10.2 Å². The standard InChI is InChI=1S/C18H28N2S/c1-18(2)8-7-17(15-5-3-4-6-16(15)18)19-9-10-20-11-13-21-14-12-20/h3-6,17,19H,7-14H2,1-2H3. The Labute approximate surface area is 133 Å². The van der Waals surface area contributed by atoms with Gasteiger partial charge in [-0.05, 0) is 29.4 Å². The molecule has 2 aliphatic rings. The predicted octanol–water partition coefficient (Wildman–Crippen LogP) is 3.44. The van der Waals surface area contributed by atoms with E-state index in [0.717, 1.165) is 6.54 Å². The molecule has 1 aromatic rings. The lowest BCUT2D eigenvalue weighted by Crippen LogP contribution is -2.40. The summed E-state index contributed by atoms with van der Waals surface area (Å²) in [6, 6.07) is 9.58. The summed E-state index contributed by atoms with van der Waals surface area (Å²) < 4.78 is 0. The van der Waals surface area contributed by atoms with E-state index in [-0.39, 0.29) is 0 Å². The topological polar surface area (TPSA) is 15.3 Å². The smallest absolute Gasteiger partial charge is 0.0324 e. The van der Waals surface area contributed by atoms with Crippen LogP contribution in [0, 0.1) is 0 Å². The molecule has 0 aromatic heterocycles.